The molecule has 0 saturated carbocycles. The Morgan fingerprint density at radius 3 is 2.37 bits per heavy atom. The summed E-state index contributed by atoms with van der Waals surface area (Å²) in [5, 5.41) is 0. The van der Waals surface area contributed by atoms with Crippen LogP contribution in [-0.2, 0) is 0 Å². The van der Waals surface area contributed by atoms with Crippen molar-refractivity contribution in [2.75, 3.05) is 13.2 Å². The van der Waals surface area contributed by atoms with Gasteiger partial charge in [0.2, 0.25) is 11.8 Å². The lowest BCUT2D eigenvalue weighted by atomic mass is 10.3. The molecule has 2 aromatic heterocycles. The second-order valence-electron chi connectivity index (χ2n) is 7.59. The topological polar surface area (TPSA) is 58.3 Å². The van der Waals surface area contributed by atoms with Crippen molar-refractivity contribution in [3.63, 3.8) is 0 Å². The number of imidazole rings is 1. The largest absolute Gasteiger partial charge is 0.478 e. The van der Waals surface area contributed by atoms with Crippen LogP contribution in [0.25, 0.3) is 16.7 Å². The van der Waals surface area contributed by atoms with E-state index in [0.717, 1.165) is 41.2 Å². The van der Waals surface area contributed by atoms with Crippen LogP contribution in [0.15, 0.2) is 39.6 Å². The molecule has 0 spiro atoms. The summed E-state index contributed by atoms with van der Waals surface area (Å²) in [4.78, 5) is 18.0. The molecule has 2 heterocycles. The fourth-order valence-corrected chi connectivity index (χ4v) is 3.68. The average molecular weight is 476 g/mol. The van der Waals surface area contributed by atoms with Crippen LogP contribution in [-0.4, -0.2) is 27.3 Å². The SMILES string of the molecule is CCCCOc1ccc(-n2c(=O)n(C(C)C)c3cc(Br)ccc32)c(OCCCC)n1. The second-order valence-corrected chi connectivity index (χ2v) is 8.51. The maximum atomic E-state index is 13.4. The summed E-state index contributed by atoms with van der Waals surface area (Å²) < 4.78 is 16.2. The van der Waals surface area contributed by atoms with E-state index in [0.29, 0.717) is 30.7 Å². The Kier molecular flexibility index (Phi) is 7.58. The van der Waals surface area contributed by atoms with Gasteiger partial charge in [-0.15, -0.1) is 0 Å². The van der Waals surface area contributed by atoms with Crippen molar-refractivity contribution in [1.29, 1.82) is 0 Å². The van der Waals surface area contributed by atoms with Crippen LogP contribution in [0, 0.1) is 0 Å². The Morgan fingerprint density at radius 2 is 1.70 bits per heavy atom. The van der Waals surface area contributed by atoms with Gasteiger partial charge in [-0.05, 0) is 51.0 Å². The monoisotopic (exact) mass is 475 g/mol. The molecule has 0 radical (unpaired) electrons. The summed E-state index contributed by atoms with van der Waals surface area (Å²) in [5.74, 6) is 0.937. The lowest BCUT2D eigenvalue weighted by molar-refractivity contribution is 0.272. The van der Waals surface area contributed by atoms with Gasteiger partial charge in [-0.1, -0.05) is 42.6 Å². The number of fused-ring (bicyclic) bond motifs is 1. The first-order valence-electron chi connectivity index (χ1n) is 10.7. The van der Waals surface area contributed by atoms with Crippen LogP contribution in [0.3, 0.4) is 0 Å². The fraction of sp³-hybridized carbons (Fsp3) is 0.478. The number of unbranched alkanes of at least 4 members (excludes halogenated alkanes) is 2. The highest BCUT2D eigenvalue weighted by Crippen LogP contribution is 2.29. The molecule has 0 aliphatic carbocycles. The van der Waals surface area contributed by atoms with E-state index in [-0.39, 0.29) is 11.7 Å². The Balaban J connectivity index is 2.15. The first-order chi connectivity index (χ1) is 14.5. The highest BCUT2D eigenvalue weighted by Gasteiger charge is 2.20. The van der Waals surface area contributed by atoms with Crippen LogP contribution in [0.5, 0.6) is 11.8 Å². The molecule has 30 heavy (non-hydrogen) atoms. The van der Waals surface area contributed by atoms with E-state index in [2.05, 4.69) is 34.8 Å². The first kappa shape index (κ1) is 22.4. The highest BCUT2D eigenvalue weighted by atomic mass is 79.9. The minimum absolute atomic E-state index is 0.0182. The van der Waals surface area contributed by atoms with Crippen molar-refractivity contribution in [1.82, 2.24) is 14.1 Å². The van der Waals surface area contributed by atoms with Crippen molar-refractivity contribution in [3.05, 3.63) is 45.3 Å². The van der Waals surface area contributed by atoms with Crippen molar-refractivity contribution < 1.29 is 9.47 Å². The van der Waals surface area contributed by atoms with Crippen LogP contribution in [0.1, 0.15) is 59.4 Å². The molecule has 3 rings (SSSR count). The van der Waals surface area contributed by atoms with E-state index in [1.54, 1.807) is 9.13 Å². The lowest BCUT2D eigenvalue weighted by Gasteiger charge is -2.13. The summed E-state index contributed by atoms with van der Waals surface area (Å²) >= 11 is 3.52. The predicted molar refractivity (Wildman–Crippen MR) is 124 cm³/mol. The van der Waals surface area contributed by atoms with Crippen LogP contribution >= 0.6 is 15.9 Å². The van der Waals surface area contributed by atoms with Crippen molar-refractivity contribution >= 4 is 27.0 Å². The normalized spacial score (nSPS) is 11.4. The third-order valence-corrected chi connectivity index (χ3v) is 5.38. The molecular weight excluding hydrogens is 446 g/mol. The maximum Gasteiger partial charge on any atom is 0.334 e. The van der Waals surface area contributed by atoms with E-state index in [1.165, 1.54) is 0 Å². The summed E-state index contributed by atoms with van der Waals surface area (Å²) in [7, 11) is 0. The van der Waals surface area contributed by atoms with Gasteiger partial charge in [0.15, 0.2) is 0 Å². The number of hydrogen-bond acceptors (Lipinski definition) is 4. The van der Waals surface area contributed by atoms with Gasteiger partial charge in [0, 0.05) is 16.6 Å². The number of ether oxygens (including phenoxy) is 2. The molecule has 162 valence electrons. The highest BCUT2D eigenvalue weighted by molar-refractivity contribution is 9.10. The standard InChI is InChI=1S/C23H30BrN3O3/c1-5-7-13-29-21-12-11-19(22(25-21)30-14-8-6-2)27-18-10-9-17(24)15-20(18)26(16(3)4)23(27)28/h9-12,15-16H,5-8,13-14H2,1-4H3. The quantitative estimate of drug-likeness (QED) is 0.343. The first-order valence-corrected chi connectivity index (χ1v) is 11.5. The molecule has 6 nitrogen and oxygen atoms in total. The number of benzene rings is 1. The van der Waals surface area contributed by atoms with Crippen molar-refractivity contribution in [2.45, 2.75) is 59.4 Å². The summed E-state index contributed by atoms with van der Waals surface area (Å²) in [6.45, 7) is 9.40. The molecule has 0 amide bonds. The van der Waals surface area contributed by atoms with Gasteiger partial charge in [0.1, 0.15) is 5.69 Å². The summed E-state index contributed by atoms with van der Waals surface area (Å²) in [6.07, 6.45) is 3.95. The average Bonchev–Trinajstić information content (AvgIpc) is 2.99. The summed E-state index contributed by atoms with van der Waals surface area (Å²) in [6, 6.07) is 9.55. The molecule has 0 N–H and O–H groups in total. The van der Waals surface area contributed by atoms with Crippen LogP contribution in [0.2, 0.25) is 0 Å². The van der Waals surface area contributed by atoms with Gasteiger partial charge >= 0.3 is 5.69 Å². The van der Waals surface area contributed by atoms with Gasteiger partial charge in [0.05, 0.1) is 24.2 Å². The van der Waals surface area contributed by atoms with E-state index >= 15 is 0 Å². The zero-order valence-electron chi connectivity index (χ0n) is 18.2. The molecule has 7 heteroatoms. The fourth-order valence-electron chi connectivity index (χ4n) is 3.33. The predicted octanol–water partition coefficient (Wildman–Crippen LogP) is 5.89. The number of halogens is 1. The Bertz CT molecular complexity index is 1060. The number of pyridine rings is 1. The molecule has 3 aromatic rings. The minimum atomic E-state index is -0.111. The minimum Gasteiger partial charge on any atom is -0.478 e. The Labute approximate surface area is 186 Å². The molecule has 0 aliphatic rings. The van der Waals surface area contributed by atoms with E-state index < -0.39 is 0 Å². The van der Waals surface area contributed by atoms with Gasteiger partial charge in [-0.3, -0.25) is 9.13 Å². The smallest absolute Gasteiger partial charge is 0.334 e. The Morgan fingerprint density at radius 1 is 1.00 bits per heavy atom. The molecule has 0 fully saturated rings. The maximum absolute atomic E-state index is 13.4. The molecule has 1 aromatic carbocycles. The zero-order valence-corrected chi connectivity index (χ0v) is 19.7. The van der Waals surface area contributed by atoms with Crippen LogP contribution in [0.4, 0.5) is 0 Å². The van der Waals surface area contributed by atoms with Gasteiger partial charge in [-0.2, -0.15) is 4.98 Å². The van der Waals surface area contributed by atoms with Crippen molar-refractivity contribution in [2.24, 2.45) is 0 Å². The third-order valence-electron chi connectivity index (χ3n) is 4.89. The molecule has 0 saturated heterocycles. The Hall–Kier alpha value is -2.28. The number of nitrogens with zero attached hydrogens (tertiary/aromatic N) is 3. The molecule has 0 aliphatic heterocycles. The molecule has 0 atom stereocenters. The number of rotatable bonds is 10. The second kappa shape index (κ2) is 10.2. The van der Waals surface area contributed by atoms with E-state index in [4.69, 9.17) is 9.47 Å². The lowest BCUT2D eigenvalue weighted by Crippen LogP contribution is -2.25. The third kappa shape index (κ3) is 4.72. The molecule has 0 unspecified atom stereocenters. The van der Waals surface area contributed by atoms with Gasteiger partial charge in [-0.25, -0.2) is 4.79 Å². The van der Waals surface area contributed by atoms with Crippen LogP contribution < -0.4 is 15.2 Å². The number of hydrogen-bond donors (Lipinski definition) is 0. The van der Waals surface area contributed by atoms with Crippen molar-refractivity contribution in [3.8, 4) is 17.4 Å². The summed E-state index contributed by atoms with van der Waals surface area (Å²) in [5.41, 5.74) is 2.21. The molecule has 0 bridgehead atoms. The number of aromatic nitrogens is 3. The van der Waals surface area contributed by atoms with E-state index in [1.807, 2.05) is 44.2 Å². The molecular formula is C23H30BrN3O3. The van der Waals surface area contributed by atoms with Gasteiger partial charge in [0.25, 0.3) is 0 Å². The zero-order chi connectivity index (χ0) is 21.7. The van der Waals surface area contributed by atoms with Gasteiger partial charge < -0.3 is 9.47 Å². The van der Waals surface area contributed by atoms with E-state index in [9.17, 15) is 4.79 Å².